The fourth-order valence-corrected chi connectivity index (χ4v) is 2.60. The zero-order chi connectivity index (χ0) is 14.3. The molecule has 1 aliphatic rings. The predicted octanol–water partition coefficient (Wildman–Crippen LogP) is 1.22. The molecule has 1 atom stereocenters. The Kier molecular flexibility index (Phi) is 2.96. The van der Waals surface area contributed by atoms with Crippen molar-refractivity contribution in [3.05, 3.63) is 17.9 Å². The molecule has 0 bridgehead atoms. The Labute approximate surface area is 114 Å². The summed E-state index contributed by atoms with van der Waals surface area (Å²) in [5, 5.41) is 2.80. The van der Waals surface area contributed by atoms with Crippen LogP contribution in [0.1, 0.15) is 18.9 Å². The van der Waals surface area contributed by atoms with Crippen molar-refractivity contribution in [2.75, 3.05) is 19.4 Å². The molecule has 0 radical (unpaired) electrons. The second-order valence-electron chi connectivity index (χ2n) is 4.76. The molecule has 1 aromatic heterocycles. The molecule has 3 N–H and O–H groups in total. The Balaban J connectivity index is 2.18. The molecule has 20 heavy (non-hydrogen) atoms. The third-order valence-corrected chi connectivity index (χ3v) is 3.56. The molecule has 7 heteroatoms. The average molecular weight is 278 g/mol. The smallest absolute Gasteiger partial charge is 0.243 e. The molecule has 0 saturated carbocycles. The summed E-state index contributed by atoms with van der Waals surface area (Å²) in [6.07, 6.45) is 1.55. The number of nitrogens with one attached hydrogen (secondary N) is 1. The van der Waals surface area contributed by atoms with E-state index in [2.05, 4.69) is 10.3 Å². The van der Waals surface area contributed by atoms with Crippen molar-refractivity contribution in [2.45, 2.75) is 18.9 Å². The summed E-state index contributed by atoms with van der Waals surface area (Å²) in [7, 11) is 1.39. The number of halogens is 1. The quantitative estimate of drug-likeness (QED) is 0.865. The number of amides is 1. The van der Waals surface area contributed by atoms with E-state index in [9.17, 15) is 9.18 Å². The monoisotopic (exact) mass is 278 g/mol. The van der Waals surface area contributed by atoms with Gasteiger partial charge in [0.25, 0.3) is 0 Å². The van der Waals surface area contributed by atoms with Crippen LogP contribution in [0.5, 0.6) is 5.75 Å². The number of nitrogens with zero attached hydrogens (tertiary/aromatic N) is 2. The van der Waals surface area contributed by atoms with Crippen LogP contribution in [0.3, 0.4) is 0 Å². The molecule has 1 aliphatic heterocycles. The van der Waals surface area contributed by atoms with E-state index in [1.807, 2.05) is 0 Å². The van der Waals surface area contributed by atoms with Crippen molar-refractivity contribution >= 4 is 22.9 Å². The summed E-state index contributed by atoms with van der Waals surface area (Å²) < 4.78 is 20.3. The Morgan fingerprint density at radius 1 is 1.55 bits per heavy atom. The maximum Gasteiger partial charge on any atom is 0.243 e. The van der Waals surface area contributed by atoms with Crippen LogP contribution in [0.4, 0.5) is 10.3 Å². The average Bonchev–Trinajstić information content (AvgIpc) is 2.73. The summed E-state index contributed by atoms with van der Waals surface area (Å²) in [6, 6.07) is 2.38. The first-order valence-corrected chi connectivity index (χ1v) is 6.40. The van der Waals surface area contributed by atoms with Crippen molar-refractivity contribution in [3.8, 4) is 5.75 Å². The maximum absolute atomic E-state index is 13.7. The van der Waals surface area contributed by atoms with Gasteiger partial charge in [0.15, 0.2) is 11.6 Å². The van der Waals surface area contributed by atoms with Crippen molar-refractivity contribution in [3.63, 3.8) is 0 Å². The fraction of sp³-hybridized carbons (Fsp3) is 0.385. The zero-order valence-electron chi connectivity index (χ0n) is 11.0. The number of ether oxygens (including phenoxy) is 1. The summed E-state index contributed by atoms with van der Waals surface area (Å²) >= 11 is 0. The number of benzene rings is 1. The molecule has 2 aromatic rings. The molecule has 6 nitrogen and oxygen atoms in total. The Hall–Kier alpha value is -2.31. The number of aromatic nitrogens is 2. The molecule has 1 fully saturated rings. The Bertz CT molecular complexity index is 683. The van der Waals surface area contributed by atoms with E-state index in [-0.39, 0.29) is 17.6 Å². The molecule has 0 aliphatic carbocycles. The number of hydrogen-bond acceptors (Lipinski definition) is 4. The van der Waals surface area contributed by atoms with Gasteiger partial charge in [-0.2, -0.15) is 0 Å². The summed E-state index contributed by atoms with van der Waals surface area (Å²) in [6.45, 7) is 0.666. The van der Waals surface area contributed by atoms with E-state index in [0.717, 1.165) is 6.42 Å². The highest BCUT2D eigenvalue weighted by molar-refractivity contribution is 5.86. The summed E-state index contributed by atoms with van der Waals surface area (Å²) in [4.78, 5) is 16.1. The first-order chi connectivity index (χ1) is 9.61. The number of piperidine rings is 1. The molecular formula is C13H15FN4O2. The Morgan fingerprint density at radius 2 is 2.35 bits per heavy atom. The van der Waals surface area contributed by atoms with Crippen molar-refractivity contribution in [1.29, 1.82) is 0 Å². The lowest BCUT2D eigenvalue weighted by Gasteiger charge is -2.24. The molecule has 0 spiro atoms. The number of carbonyl (C=O) groups excluding carboxylic acids is 1. The van der Waals surface area contributed by atoms with Crippen molar-refractivity contribution in [2.24, 2.45) is 0 Å². The van der Waals surface area contributed by atoms with Gasteiger partial charge in [-0.15, -0.1) is 0 Å². The third-order valence-electron chi connectivity index (χ3n) is 3.56. The molecule has 1 saturated heterocycles. The topological polar surface area (TPSA) is 82.2 Å². The van der Waals surface area contributed by atoms with Gasteiger partial charge >= 0.3 is 0 Å². The molecule has 2 heterocycles. The molecule has 3 rings (SSSR count). The first-order valence-electron chi connectivity index (χ1n) is 6.40. The predicted molar refractivity (Wildman–Crippen MR) is 71.9 cm³/mol. The van der Waals surface area contributed by atoms with Crippen LogP contribution < -0.4 is 15.8 Å². The molecule has 1 amide bonds. The maximum atomic E-state index is 13.7. The van der Waals surface area contributed by atoms with E-state index in [1.165, 1.54) is 19.2 Å². The van der Waals surface area contributed by atoms with Crippen LogP contribution in [0.2, 0.25) is 0 Å². The van der Waals surface area contributed by atoms with Gasteiger partial charge in [0.1, 0.15) is 6.04 Å². The van der Waals surface area contributed by atoms with E-state index >= 15 is 0 Å². The summed E-state index contributed by atoms with van der Waals surface area (Å²) in [5.41, 5.74) is 6.91. The lowest BCUT2D eigenvalue weighted by molar-refractivity contribution is -0.125. The molecule has 106 valence electrons. The van der Waals surface area contributed by atoms with Gasteiger partial charge in [-0.1, -0.05) is 0 Å². The standard InChI is InChI=1S/C13H15FN4O2/c1-20-11-6-10-8(5-7(11)14)17-13(15)18(10)9-3-2-4-16-12(9)19/h5-6,9H,2-4H2,1H3,(H2,15,17)(H,16,19). The van der Waals surface area contributed by atoms with Gasteiger partial charge < -0.3 is 15.8 Å². The number of imidazole rings is 1. The Morgan fingerprint density at radius 3 is 3.05 bits per heavy atom. The normalized spacial score (nSPS) is 19.1. The number of anilines is 1. The van der Waals surface area contributed by atoms with Gasteiger partial charge in [-0.25, -0.2) is 9.37 Å². The third kappa shape index (κ3) is 1.86. The van der Waals surface area contributed by atoms with E-state index < -0.39 is 11.9 Å². The van der Waals surface area contributed by atoms with Crippen LogP contribution in [0, 0.1) is 5.82 Å². The number of nitrogens with two attached hydrogens (primary N) is 1. The second-order valence-corrected chi connectivity index (χ2v) is 4.76. The van der Waals surface area contributed by atoms with Gasteiger partial charge in [-0.3, -0.25) is 9.36 Å². The SMILES string of the molecule is COc1cc2c(cc1F)nc(N)n2C1CCCNC1=O. The number of hydrogen-bond donors (Lipinski definition) is 2. The second kappa shape index (κ2) is 4.66. The van der Waals surface area contributed by atoms with Gasteiger partial charge in [0.05, 0.1) is 18.1 Å². The number of methoxy groups -OCH3 is 1. The fourth-order valence-electron chi connectivity index (χ4n) is 2.60. The molecule has 1 unspecified atom stereocenters. The molecular weight excluding hydrogens is 263 g/mol. The van der Waals surface area contributed by atoms with Gasteiger partial charge in [0.2, 0.25) is 11.9 Å². The van der Waals surface area contributed by atoms with Crippen LogP contribution in [0.25, 0.3) is 11.0 Å². The van der Waals surface area contributed by atoms with Crippen LogP contribution in [-0.4, -0.2) is 29.1 Å². The van der Waals surface area contributed by atoms with Crippen LogP contribution >= 0.6 is 0 Å². The summed E-state index contributed by atoms with van der Waals surface area (Å²) in [5.74, 6) is -0.284. The van der Waals surface area contributed by atoms with Gasteiger partial charge in [-0.05, 0) is 12.8 Å². The highest BCUT2D eigenvalue weighted by Crippen LogP contribution is 2.31. The highest BCUT2D eigenvalue weighted by atomic mass is 19.1. The highest BCUT2D eigenvalue weighted by Gasteiger charge is 2.27. The minimum absolute atomic E-state index is 0.0921. The lowest BCUT2D eigenvalue weighted by atomic mass is 10.1. The van der Waals surface area contributed by atoms with E-state index in [0.29, 0.717) is 24.0 Å². The molecule has 1 aromatic carbocycles. The largest absolute Gasteiger partial charge is 0.494 e. The number of rotatable bonds is 2. The minimum atomic E-state index is -0.502. The van der Waals surface area contributed by atoms with Crippen LogP contribution in [-0.2, 0) is 4.79 Å². The van der Waals surface area contributed by atoms with Gasteiger partial charge in [0, 0.05) is 18.7 Å². The van der Waals surface area contributed by atoms with E-state index in [4.69, 9.17) is 10.5 Å². The van der Waals surface area contributed by atoms with Crippen LogP contribution in [0.15, 0.2) is 12.1 Å². The first kappa shape index (κ1) is 12.7. The number of nitrogen functional groups attached to an aromatic ring is 1. The van der Waals surface area contributed by atoms with E-state index in [1.54, 1.807) is 4.57 Å². The van der Waals surface area contributed by atoms with Crippen molar-refractivity contribution < 1.29 is 13.9 Å². The zero-order valence-corrected chi connectivity index (χ0v) is 11.0. The lowest BCUT2D eigenvalue weighted by Crippen LogP contribution is -2.38. The van der Waals surface area contributed by atoms with Crippen molar-refractivity contribution in [1.82, 2.24) is 14.9 Å². The number of carbonyl (C=O) groups is 1. The minimum Gasteiger partial charge on any atom is -0.494 e. The number of fused-ring (bicyclic) bond motifs is 1.